The first kappa shape index (κ1) is 31.9. The lowest BCUT2D eigenvalue weighted by atomic mass is 9.93. The number of aliphatic carboxylic acids is 1. The van der Waals surface area contributed by atoms with E-state index in [0.29, 0.717) is 31.3 Å². The minimum absolute atomic E-state index is 0.00982. The number of piperidine rings is 1. The molecule has 5 rings (SSSR count). The number of benzene rings is 1. The van der Waals surface area contributed by atoms with Crippen LogP contribution in [0.1, 0.15) is 43.5 Å². The molecular formula is C28H36F4N6O5. The number of nitrogens with one attached hydrogen (secondary N) is 1. The molecule has 43 heavy (non-hydrogen) atoms. The fourth-order valence-electron chi connectivity index (χ4n) is 4.90. The smallest absolute Gasteiger partial charge is 0.490 e. The minimum atomic E-state index is -5.08. The number of rotatable bonds is 6. The first-order valence-corrected chi connectivity index (χ1v) is 14.0. The predicted molar refractivity (Wildman–Crippen MR) is 149 cm³/mol. The van der Waals surface area contributed by atoms with Crippen molar-refractivity contribution >= 4 is 23.6 Å². The monoisotopic (exact) mass is 612 g/mol. The Morgan fingerprint density at radius 3 is 2.28 bits per heavy atom. The van der Waals surface area contributed by atoms with Crippen molar-refractivity contribution in [1.29, 1.82) is 0 Å². The summed E-state index contributed by atoms with van der Waals surface area (Å²) in [5, 5.41) is 10.7. The molecule has 2 amide bonds. The van der Waals surface area contributed by atoms with Crippen molar-refractivity contribution in [2.75, 3.05) is 51.1 Å². The van der Waals surface area contributed by atoms with Gasteiger partial charge in [-0.05, 0) is 31.4 Å². The van der Waals surface area contributed by atoms with Gasteiger partial charge in [0.1, 0.15) is 11.9 Å². The Bertz CT molecular complexity index is 1300. The van der Waals surface area contributed by atoms with Crippen molar-refractivity contribution in [3.63, 3.8) is 0 Å². The summed E-state index contributed by atoms with van der Waals surface area (Å²) in [5.41, 5.74) is 1.83. The van der Waals surface area contributed by atoms with E-state index in [-0.39, 0.29) is 17.9 Å². The Hall–Kier alpha value is -4.04. The van der Waals surface area contributed by atoms with Gasteiger partial charge in [0.15, 0.2) is 23.2 Å². The maximum atomic E-state index is 14.4. The zero-order chi connectivity index (χ0) is 31.3. The van der Waals surface area contributed by atoms with E-state index < -0.39 is 18.0 Å². The molecule has 1 aromatic heterocycles. The van der Waals surface area contributed by atoms with E-state index in [9.17, 15) is 22.4 Å². The molecule has 2 N–H and O–H groups in total. The van der Waals surface area contributed by atoms with Gasteiger partial charge in [0.2, 0.25) is 0 Å². The van der Waals surface area contributed by atoms with Crippen LogP contribution in [0, 0.1) is 5.82 Å². The predicted octanol–water partition coefficient (Wildman–Crippen LogP) is 4.31. The van der Waals surface area contributed by atoms with Gasteiger partial charge in [-0.1, -0.05) is 0 Å². The number of carboxylic acid groups (broad SMARTS) is 1. The van der Waals surface area contributed by atoms with Crippen LogP contribution in [0.5, 0.6) is 11.5 Å². The maximum absolute atomic E-state index is 14.4. The molecule has 0 radical (unpaired) electrons. The van der Waals surface area contributed by atoms with E-state index in [0.717, 1.165) is 61.8 Å². The number of fused-ring (bicyclic) bond motifs is 1. The lowest BCUT2D eigenvalue weighted by Crippen LogP contribution is -2.43. The van der Waals surface area contributed by atoms with E-state index in [1.54, 1.807) is 31.1 Å². The molecule has 1 aliphatic carbocycles. The average Bonchev–Trinajstić information content (AvgIpc) is 2.95. The van der Waals surface area contributed by atoms with Crippen LogP contribution in [0.3, 0.4) is 0 Å². The van der Waals surface area contributed by atoms with Crippen molar-refractivity contribution in [3.05, 3.63) is 35.4 Å². The van der Waals surface area contributed by atoms with Crippen molar-refractivity contribution in [2.45, 2.75) is 63.4 Å². The highest BCUT2D eigenvalue weighted by molar-refractivity contribution is 5.74. The SMILES string of the molecule is COc1ccc(OC2CCN(c3nc4c(nc3NC3CCC3)CCN(C(=O)N(C)C)C4)CC2)c(F)c1.O=C(O)C(F)(F)F. The molecule has 2 aromatic rings. The fraction of sp³-hybridized carbons (Fsp3) is 0.571. The summed E-state index contributed by atoms with van der Waals surface area (Å²) in [7, 11) is 5.05. The van der Waals surface area contributed by atoms with E-state index >= 15 is 0 Å². The summed E-state index contributed by atoms with van der Waals surface area (Å²) in [6.07, 6.45) is 0.560. The van der Waals surface area contributed by atoms with Crippen LogP contribution < -0.4 is 19.7 Å². The second-order valence-electron chi connectivity index (χ2n) is 10.8. The number of urea groups is 1. The number of methoxy groups -OCH3 is 1. The van der Waals surface area contributed by atoms with Crippen LogP contribution >= 0.6 is 0 Å². The number of hydrogen-bond acceptors (Lipinski definition) is 8. The molecule has 1 aromatic carbocycles. The summed E-state index contributed by atoms with van der Waals surface area (Å²) >= 11 is 0. The fourth-order valence-corrected chi connectivity index (χ4v) is 4.90. The lowest BCUT2D eigenvalue weighted by molar-refractivity contribution is -0.192. The third-order valence-electron chi connectivity index (χ3n) is 7.51. The maximum Gasteiger partial charge on any atom is 0.490 e. The molecule has 1 saturated carbocycles. The normalized spacial score (nSPS) is 17.2. The van der Waals surface area contributed by atoms with Crippen LogP contribution in [0.2, 0.25) is 0 Å². The Balaban J connectivity index is 0.000000541. The van der Waals surface area contributed by atoms with Crippen molar-refractivity contribution in [3.8, 4) is 11.5 Å². The van der Waals surface area contributed by atoms with Crippen molar-refractivity contribution < 1.29 is 41.7 Å². The van der Waals surface area contributed by atoms with E-state index in [2.05, 4.69) is 10.2 Å². The lowest BCUT2D eigenvalue weighted by Gasteiger charge is -2.36. The minimum Gasteiger partial charge on any atom is -0.497 e. The zero-order valence-electron chi connectivity index (χ0n) is 24.3. The van der Waals surface area contributed by atoms with Crippen molar-refractivity contribution in [1.82, 2.24) is 19.8 Å². The molecule has 1 saturated heterocycles. The zero-order valence-corrected chi connectivity index (χ0v) is 24.3. The van der Waals surface area contributed by atoms with E-state index in [1.165, 1.54) is 19.6 Å². The molecule has 15 heteroatoms. The van der Waals surface area contributed by atoms with Crippen molar-refractivity contribution in [2.24, 2.45) is 0 Å². The number of alkyl halides is 3. The first-order valence-electron chi connectivity index (χ1n) is 14.0. The summed E-state index contributed by atoms with van der Waals surface area (Å²) < 4.78 is 57.2. The van der Waals surface area contributed by atoms with Gasteiger partial charge in [-0.15, -0.1) is 0 Å². The number of carboxylic acids is 1. The Morgan fingerprint density at radius 1 is 1.07 bits per heavy atom. The molecule has 0 spiro atoms. The van der Waals surface area contributed by atoms with Gasteiger partial charge in [0, 0.05) is 65.1 Å². The molecule has 0 unspecified atom stereocenters. The molecule has 2 aliphatic heterocycles. The summed E-state index contributed by atoms with van der Waals surface area (Å²) in [5.74, 6) is -0.771. The largest absolute Gasteiger partial charge is 0.497 e. The number of nitrogens with zero attached hydrogens (tertiary/aromatic N) is 5. The molecular weight excluding hydrogens is 576 g/mol. The second-order valence-corrected chi connectivity index (χ2v) is 10.8. The molecule has 3 aliphatic rings. The molecule has 0 atom stereocenters. The average molecular weight is 613 g/mol. The number of hydrogen-bond donors (Lipinski definition) is 2. The Labute approximate surface area is 246 Å². The second kappa shape index (κ2) is 13.5. The van der Waals surface area contributed by atoms with Crippen LogP contribution in [-0.2, 0) is 17.8 Å². The molecule has 11 nitrogen and oxygen atoms in total. The van der Waals surface area contributed by atoms with Gasteiger partial charge in [-0.2, -0.15) is 13.2 Å². The number of carbonyl (C=O) groups is 2. The number of aromatic nitrogens is 2. The Morgan fingerprint density at radius 2 is 1.74 bits per heavy atom. The first-order chi connectivity index (χ1) is 20.3. The molecule has 3 heterocycles. The number of anilines is 2. The van der Waals surface area contributed by atoms with Crippen LogP contribution in [0.4, 0.5) is 34.0 Å². The molecule has 236 valence electrons. The topological polar surface area (TPSA) is 120 Å². The van der Waals surface area contributed by atoms with E-state index in [4.69, 9.17) is 29.3 Å². The van der Waals surface area contributed by atoms with Gasteiger partial charge < -0.3 is 34.6 Å². The third kappa shape index (κ3) is 8.08. The quantitative estimate of drug-likeness (QED) is 0.460. The van der Waals surface area contributed by atoms with Gasteiger partial charge in [0.05, 0.1) is 25.0 Å². The number of ether oxygens (including phenoxy) is 2. The van der Waals surface area contributed by atoms with Crippen LogP contribution in [-0.4, -0.2) is 96.0 Å². The summed E-state index contributed by atoms with van der Waals surface area (Å²) in [4.78, 5) is 37.2. The van der Waals surface area contributed by atoms with Gasteiger partial charge in [0.25, 0.3) is 0 Å². The highest BCUT2D eigenvalue weighted by atomic mass is 19.4. The Kier molecular flexibility index (Phi) is 10.0. The standard InChI is InChI=1S/C26H35FN6O3.C2HF3O2/c1-31(2)26(34)33-14-11-21-22(16-33)30-25(24(29-21)28-17-5-4-6-17)32-12-9-18(10-13-32)36-23-8-7-19(35-3)15-20(23)27;3-2(4,5)1(6)7/h7-8,15,17-18H,4-6,9-14,16H2,1-3H3,(H,28,29);(H,6,7). The van der Waals surface area contributed by atoms with Crippen LogP contribution in [0.15, 0.2) is 18.2 Å². The highest BCUT2D eigenvalue weighted by Gasteiger charge is 2.38. The number of amides is 2. The summed E-state index contributed by atoms with van der Waals surface area (Å²) in [6, 6.07) is 5.10. The van der Waals surface area contributed by atoms with Crippen LogP contribution in [0.25, 0.3) is 0 Å². The molecule has 2 fully saturated rings. The number of halogens is 4. The van der Waals surface area contributed by atoms with Gasteiger partial charge in [-0.25, -0.2) is 23.9 Å². The third-order valence-corrected chi connectivity index (χ3v) is 7.51. The summed E-state index contributed by atoms with van der Waals surface area (Å²) in [6.45, 7) is 2.57. The van der Waals surface area contributed by atoms with E-state index in [1.807, 2.05) is 4.90 Å². The molecule has 0 bridgehead atoms. The van der Waals surface area contributed by atoms with Gasteiger partial charge in [-0.3, -0.25) is 0 Å². The van der Waals surface area contributed by atoms with Gasteiger partial charge >= 0.3 is 18.2 Å². The number of carbonyl (C=O) groups excluding carboxylic acids is 1. The highest BCUT2D eigenvalue weighted by Crippen LogP contribution is 2.33.